The second kappa shape index (κ2) is 3.27. The second-order valence-electron chi connectivity index (χ2n) is 0.636. The van der Waals surface area contributed by atoms with E-state index in [1.807, 2.05) is 0 Å². The van der Waals surface area contributed by atoms with Crippen molar-refractivity contribution in [3.8, 4) is 0 Å². The SMILES string of the molecule is [O]=[Co]1[O][Co](=[O])[O][Co](=[O])[O]1. The van der Waals surface area contributed by atoms with Crippen molar-refractivity contribution in [2.24, 2.45) is 0 Å². The van der Waals surface area contributed by atoms with Gasteiger partial charge in [-0.3, -0.25) is 0 Å². The summed E-state index contributed by atoms with van der Waals surface area (Å²) in [5, 5.41) is 0. The van der Waals surface area contributed by atoms with Gasteiger partial charge in [0.15, 0.2) is 0 Å². The number of rotatable bonds is 0. The summed E-state index contributed by atoms with van der Waals surface area (Å²) in [4.78, 5) is 0. The third kappa shape index (κ3) is 2.48. The third-order valence-corrected chi connectivity index (χ3v) is 3.78. The normalized spacial score (nSPS) is 32.7. The van der Waals surface area contributed by atoms with Crippen LogP contribution in [0.5, 0.6) is 0 Å². The van der Waals surface area contributed by atoms with E-state index in [1.165, 1.54) is 0 Å². The predicted molar refractivity (Wildman–Crippen MR) is 5.31 cm³/mol. The van der Waals surface area contributed by atoms with Crippen molar-refractivity contribution in [1.29, 1.82) is 0 Å². The molecule has 1 aliphatic rings. The minimum atomic E-state index is -2.49. The second-order valence-corrected chi connectivity index (χ2v) is 4.37. The van der Waals surface area contributed by atoms with E-state index in [0.29, 0.717) is 0 Å². The molecule has 1 saturated heterocycles. The quantitative estimate of drug-likeness (QED) is 0.588. The Balaban J connectivity index is 2.64. The molecule has 1 rings (SSSR count). The van der Waals surface area contributed by atoms with Crippen LogP contribution in [-0.2, 0) is 63.2 Å². The van der Waals surface area contributed by atoms with Gasteiger partial charge in [-0.25, -0.2) is 0 Å². The Morgan fingerprint density at radius 1 is 0.667 bits per heavy atom. The van der Waals surface area contributed by atoms with Crippen molar-refractivity contribution in [3.05, 3.63) is 0 Å². The molecule has 0 spiro atoms. The molecule has 0 unspecified atom stereocenters. The van der Waals surface area contributed by atoms with Gasteiger partial charge in [0, 0.05) is 0 Å². The summed E-state index contributed by atoms with van der Waals surface area (Å²) < 4.78 is 42.2. The molecule has 0 atom stereocenters. The Kier molecular flexibility index (Phi) is 2.87. The zero-order valence-corrected chi connectivity index (χ0v) is 6.57. The number of hydrogen-bond acceptors (Lipinski definition) is 6. The Bertz CT molecular complexity index is 135. The van der Waals surface area contributed by atoms with Crippen molar-refractivity contribution in [2.75, 3.05) is 0 Å². The third-order valence-electron chi connectivity index (χ3n) is 0.222. The van der Waals surface area contributed by atoms with Crippen LogP contribution in [0.4, 0.5) is 0 Å². The van der Waals surface area contributed by atoms with Gasteiger partial charge in [0.1, 0.15) is 0 Å². The number of hydrogen-bond donors (Lipinski definition) is 0. The van der Waals surface area contributed by atoms with E-state index in [1.54, 1.807) is 0 Å². The summed E-state index contributed by atoms with van der Waals surface area (Å²) >= 11 is -7.48. The first kappa shape index (κ1) is 7.90. The van der Waals surface area contributed by atoms with Gasteiger partial charge in [0.2, 0.25) is 0 Å². The predicted octanol–water partition coefficient (Wildman–Crippen LogP) is -0.569. The van der Waals surface area contributed by atoms with Crippen molar-refractivity contribution in [2.45, 2.75) is 0 Å². The summed E-state index contributed by atoms with van der Waals surface area (Å²) in [6.07, 6.45) is 0. The molecule has 0 aromatic heterocycles. The molecule has 0 radical (unpaired) electrons. The van der Waals surface area contributed by atoms with Crippen molar-refractivity contribution in [3.63, 3.8) is 0 Å². The van der Waals surface area contributed by atoms with E-state index in [2.05, 4.69) is 8.89 Å². The van der Waals surface area contributed by atoms with E-state index in [-0.39, 0.29) is 0 Å². The van der Waals surface area contributed by atoms with Crippen LogP contribution in [0.3, 0.4) is 0 Å². The van der Waals surface area contributed by atoms with Gasteiger partial charge < -0.3 is 0 Å². The molecule has 0 amide bonds. The molecule has 0 aromatic carbocycles. The van der Waals surface area contributed by atoms with Gasteiger partial charge in [-0.15, -0.1) is 0 Å². The van der Waals surface area contributed by atoms with Crippen LogP contribution in [0.1, 0.15) is 0 Å². The zero-order valence-electron chi connectivity index (χ0n) is 3.45. The maximum absolute atomic E-state index is 10.1. The standard InChI is InChI=1S/3Co.6O. The monoisotopic (exact) mass is 273 g/mol. The molecule has 0 N–H and O–H groups in total. The van der Waals surface area contributed by atoms with Gasteiger partial charge in [0.05, 0.1) is 0 Å². The molecule has 9 heavy (non-hydrogen) atoms. The average Bonchev–Trinajstić information content (AvgIpc) is 1.59. The van der Waals surface area contributed by atoms with Gasteiger partial charge in [0.25, 0.3) is 0 Å². The van der Waals surface area contributed by atoms with Crippen molar-refractivity contribution >= 4 is 0 Å². The van der Waals surface area contributed by atoms with E-state index < -0.39 is 42.7 Å². The molecule has 1 fully saturated rings. The molecule has 63 valence electrons. The van der Waals surface area contributed by atoms with Gasteiger partial charge in [-0.1, -0.05) is 0 Å². The van der Waals surface area contributed by atoms with E-state index in [4.69, 9.17) is 0 Å². The van der Waals surface area contributed by atoms with Crippen LogP contribution >= 0.6 is 0 Å². The fourth-order valence-corrected chi connectivity index (χ4v) is 2.84. The summed E-state index contributed by atoms with van der Waals surface area (Å²) in [5.41, 5.74) is 0. The molecule has 0 aliphatic carbocycles. The van der Waals surface area contributed by atoms with E-state index >= 15 is 0 Å². The molecular weight excluding hydrogens is 273 g/mol. The Hall–Kier alpha value is 0.799. The summed E-state index contributed by atoms with van der Waals surface area (Å²) in [6.45, 7) is 0. The van der Waals surface area contributed by atoms with Crippen LogP contribution in [-0.4, -0.2) is 0 Å². The van der Waals surface area contributed by atoms with Crippen LogP contribution in [0.25, 0.3) is 0 Å². The minimum absolute atomic E-state index is 2.49. The van der Waals surface area contributed by atoms with Gasteiger partial charge >= 0.3 is 63.2 Å². The molecule has 0 aromatic rings. The van der Waals surface area contributed by atoms with Crippen LogP contribution < -0.4 is 0 Å². The summed E-state index contributed by atoms with van der Waals surface area (Å²) in [6, 6.07) is 0. The fourth-order valence-electron chi connectivity index (χ4n) is 0.109. The Labute approximate surface area is 63.2 Å². The molecule has 1 aliphatic heterocycles. The molecule has 0 bridgehead atoms. The van der Waals surface area contributed by atoms with Gasteiger partial charge in [-0.05, 0) is 0 Å². The molecule has 0 saturated carbocycles. The Morgan fingerprint density at radius 3 is 1.11 bits per heavy atom. The summed E-state index contributed by atoms with van der Waals surface area (Å²) in [5.74, 6) is 0. The topological polar surface area (TPSA) is 78.9 Å². The maximum atomic E-state index is 10.1. The first-order chi connectivity index (χ1) is 4.18. The molecular formula is Co3O6. The van der Waals surface area contributed by atoms with Crippen LogP contribution in [0, 0.1) is 0 Å². The first-order valence-corrected chi connectivity index (χ1v) is 5.05. The zero-order chi connectivity index (χ0) is 6.85. The van der Waals surface area contributed by atoms with Crippen molar-refractivity contribution < 1.29 is 63.2 Å². The fraction of sp³-hybridized carbons (Fsp3) is 0. The molecule has 9 heteroatoms. The molecule has 1 heterocycles. The summed E-state index contributed by atoms with van der Waals surface area (Å²) in [7, 11) is 0. The first-order valence-electron chi connectivity index (χ1n) is 1.22. The van der Waals surface area contributed by atoms with Gasteiger partial charge in [-0.2, -0.15) is 0 Å². The van der Waals surface area contributed by atoms with E-state index in [0.717, 1.165) is 0 Å². The molecule has 6 nitrogen and oxygen atoms in total. The van der Waals surface area contributed by atoms with Crippen LogP contribution in [0.2, 0.25) is 0 Å². The van der Waals surface area contributed by atoms with E-state index in [9.17, 15) is 11.6 Å². The average molecular weight is 273 g/mol. The van der Waals surface area contributed by atoms with Crippen molar-refractivity contribution in [1.82, 2.24) is 0 Å². The van der Waals surface area contributed by atoms with Crippen LogP contribution in [0.15, 0.2) is 0 Å². The Morgan fingerprint density at radius 2 is 0.889 bits per heavy atom.